The number of unbranched alkanes of at least 4 members (excludes halogenated alkanes) is 6. The molecule has 0 fully saturated rings. The van der Waals surface area contributed by atoms with Crippen LogP contribution in [-0.4, -0.2) is 34.3 Å². The lowest BCUT2D eigenvalue weighted by atomic mass is 10.2. The molecule has 9 heteroatoms. The van der Waals surface area contributed by atoms with E-state index in [0.29, 0.717) is 11.6 Å². The largest absolute Gasteiger partial charge is 0.493 e. The number of ether oxygens (including phenoxy) is 2. The van der Waals surface area contributed by atoms with Crippen LogP contribution in [0.3, 0.4) is 0 Å². The molecule has 0 amide bonds. The quantitative estimate of drug-likeness (QED) is 0.282. The maximum absolute atomic E-state index is 9.00. The second-order valence-corrected chi connectivity index (χ2v) is 8.15. The third-order valence-electron chi connectivity index (χ3n) is 4.12. The number of carboxylic acids is 1. The molecular formula is C24H39BrN4O4. The Hall–Kier alpha value is -2.55. The van der Waals surface area contributed by atoms with E-state index in [1.54, 1.807) is 24.5 Å². The van der Waals surface area contributed by atoms with Crippen molar-refractivity contribution in [2.75, 3.05) is 24.7 Å². The predicted molar refractivity (Wildman–Crippen MR) is 138 cm³/mol. The number of aliphatic carboxylic acids is 1. The highest BCUT2D eigenvalue weighted by molar-refractivity contribution is 9.10. The van der Waals surface area contributed by atoms with Crippen LogP contribution in [0.15, 0.2) is 35.1 Å². The molecule has 0 spiro atoms. The zero-order valence-electron chi connectivity index (χ0n) is 20.1. The average Bonchev–Trinajstić information content (AvgIpc) is 2.76. The zero-order valence-corrected chi connectivity index (χ0v) is 21.6. The normalized spacial score (nSPS) is 9.70. The minimum atomic E-state index is -0.833. The number of carboxylic acid groups (broad SMARTS) is 1. The lowest BCUT2D eigenvalue weighted by Gasteiger charge is -2.07. The highest BCUT2D eigenvalue weighted by atomic mass is 79.9. The molecule has 2 aromatic rings. The molecule has 0 aliphatic rings. The first kappa shape index (κ1) is 30.4. The highest BCUT2D eigenvalue weighted by Gasteiger charge is 2.02. The maximum atomic E-state index is 9.00. The molecule has 0 radical (unpaired) electrons. The van der Waals surface area contributed by atoms with E-state index in [1.165, 1.54) is 38.5 Å². The first-order valence-corrected chi connectivity index (χ1v) is 12.2. The van der Waals surface area contributed by atoms with E-state index < -0.39 is 5.97 Å². The number of carbonyl (C=O) groups is 1. The Balaban J connectivity index is 0.000000536. The van der Waals surface area contributed by atoms with E-state index in [2.05, 4.69) is 39.7 Å². The Labute approximate surface area is 206 Å². The fraction of sp³-hybridized carbons (Fsp3) is 0.542. The van der Waals surface area contributed by atoms with Crippen molar-refractivity contribution >= 4 is 33.5 Å². The van der Waals surface area contributed by atoms with Gasteiger partial charge in [0.05, 0.1) is 17.7 Å². The first-order chi connectivity index (χ1) is 15.8. The van der Waals surface area contributed by atoms with Gasteiger partial charge in [-0.15, -0.1) is 0 Å². The number of nitrogens with zero attached hydrogens (tertiary/aromatic N) is 2. The van der Waals surface area contributed by atoms with Gasteiger partial charge >= 0.3 is 0 Å². The summed E-state index contributed by atoms with van der Waals surface area (Å²) in [6, 6.07) is 5.32. The molecule has 2 aromatic heterocycles. The van der Waals surface area contributed by atoms with Gasteiger partial charge in [-0.3, -0.25) is 4.79 Å². The van der Waals surface area contributed by atoms with Crippen LogP contribution in [0.5, 0.6) is 11.5 Å². The highest BCUT2D eigenvalue weighted by Crippen LogP contribution is 2.25. The Bertz CT molecular complexity index is 774. The number of nitrogens with two attached hydrogens (primary N) is 2. The van der Waals surface area contributed by atoms with Crippen LogP contribution in [0.2, 0.25) is 0 Å². The molecule has 5 N–H and O–H groups in total. The van der Waals surface area contributed by atoms with Crippen molar-refractivity contribution in [3.05, 3.63) is 35.1 Å². The van der Waals surface area contributed by atoms with Crippen LogP contribution >= 0.6 is 15.9 Å². The molecule has 186 valence electrons. The number of nitrogen functional groups attached to an aromatic ring is 2. The molecule has 8 nitrogen and oxygen atoms in total. The molecule has 0 unspecified atom stereocenters. The van der Waals surface area contributed by atoms with E-state index in [4.69, 9.17) is 30.8 Å². The monoisotopic (exact) mass is 526 g/mol. The van der Waals surface area contributed by atoms with Crippen molar-refractivity contribution in [3.63, 3.8) is 0 Å². The van der Waals surface area contributed by atoms with Gasteiger partial charge in [0.2, 0.25) is 0 Å². The van der Waals surface area contributed by atoms with Gasteiger partial charge in [0, 0.05) is 31.5 Å². The van der Waals surface area contributed by atoms with Crippen LogP contribution in [0.25, 0.3) is 0 Å². The summed E-state index contributed by atoms with van der Waals surface area (Å²) in [5, 5.41) is 7.42. The van der Waals surface area contributed by atoms with Gasteiger partial charge < -0.3 is 26.0 Å². The second kappa shape index (κ2) is 20.1. The molecule has 0 aliphatic heterocycles. The number of hydrogen-bond donors (Lipinski definition) is 3. The smallest absolute Gasteiger partial charge is 0.300 e. The molecule has 0 aliphatic carbocycles. The van der Waals surface area contributed by atoms with Crippen LogP contribution < -0.4 is 20.9 Å². The fourth-order valence-corrected chi connectivity index (χ4v) is 2.82. The zero-order chi connectivity index (χ0) is 24.9. The van der Waals surface area contributed by atoms with E-state index in [9.17, 15) is 0 Å². The van der Waals surface area contributed by atoms with Crippen molar-refractivity contribution in [1.82, 2.24) is 9.97 Å². The third kappa shape index (κ3) is 18.7. The third-order valence-corrected chi connectivity index (χ3v) is 4.71. The van der Waals surface area contributed by atoms with Gasteiger partial charge in [-0.2, -0.15) is 0 Å². The number of halogens is 1. The van der Waals surface area contributed by atoms with Crippen molar-refractivity contribution in [2.45, 2.75) is 72.1 Å². The minimum Gasteiger partial charge on any atom is -0.493 e. The van der Waals surface area contributed by atoms with Gasteiger partial charge in [0.1, 0.15) is 23.1 Å². The summed E-state index contributed by atoms with van der Waals surface area (Å²) < 4.78 is 12.0. The summed E-state index contributed by atoms with van der Waals surface area (Å²) in [5.41, 5.74) is 11.1. The minimum absolute atomic E-state index is 0.488. The van der Waals surface area contributed by atoms with E-state index in [-0.39, 0.29) is 0 Å². The fourth-order valence-electron chi connectivity index (χ4n) is 2.49. The molecule has 0 aromatic carbocycles. The van der Waals surface area contributed by atoms with Crippen LogP contribution in [0, 0.1) is 0 Å². The van der Waals surface area contributed by atoms with Gasteiger partial charge in [0.15, 0.2) is 0 Å². The molecule has 0 saturated heterocycles. The molecule has 2 rings (SSSR count). The van der Waals surface area contributed by atoms with E-state index in [1.807, 2.05) is 6.07 Å². The van der Waals surface area contributed by atoms with Gasteiger partial charge in [-0.05, 0) is 34.8 Å². The Morgan fingerprint density at radius 3 is 2.03 bits per heavy atom. The van der Waals surface area contributed by atoms with Gasteiger partial charge in [-0.1, -0.05) is 52.4 Å². The summed E-state index contributed by atoms with van der Waals surface area (Å²) in [5.74, 6) is 1.76. The van der Waals surface area contributed by atoms with Crippen molar-refractivity contribution in [2.24, 2.45) is 0 Å². The topological polar surface area (TPSA) is 134 Å². The lowest BCUT2D eigenvalue weighted by molar-refractivity contribution is -0.134. The van der Waals surface area contributed by atoms with Crippen LogP contribution in [0.4, 0.5) is 11.6 Å². The van der Waals surface area contributed by atoms with Gasteiger partial charge in [-0.25, -0.2) is 9.97 Å². The van der Waals surface area contributed by atoms with Crippen LogP contribution in [0.1, 0.15) is 72.1 Å². The number of pyridine rings is 2. The summed E-state index contributed by atoms with van der Waals surface area (Å²) in [6.07, 6.45) is 13.0. The van der Waals surface area contributed by atoms with Gasteiger partial charge in [0.25, 0.3) is 5.97 Å². The number of hydrogen-bond acceptors (Lipinski definition) is 7. The van der Waals surface area contributed by atoms with Crippen molar-refractivity contribution in [1.29, 1.82) is 0 Å². The van der Waals surface area contributed by atoms with Crippen LogP contribution in [-0.2, 0) is 4.79 Å². The number of rotatable bonds is 12. The second-order valence-electron chi connectivity index (χ2n) is 7.29. The number of anilines is 2. The Kier molecular flexibility index (Phi) is 18.5. The molecule has 0 saturated carbocycles. The van der Waals surface area contributed by atoms with E-state index >= 15 is 0 Å². The Morgan fingerprint density at radius 1 is 0.939 bits per heavy atom. The summed E-state index contributed by atoms with van der Waals surface area (Å²) in [4.78, 5) is 16.8. The number of aromatic nitrogens is 2. The Morgan fingerprint density at radius 2 is 1.48 bits per heavy atom. The predicted octanol–water partition coefficient (Wildman–Crippen LogP) is 6.10. The molecule has 0 bridgehead atoms. The molecule has 2 heterocycles. The lowest BCUT2D eigenvalue weighted by Crippen LogP contribution is -1.99. The summed E-state index contributed by atoms with van der Waals surface area (Å²) >= 11 is 3.37. The molecule has 33 heavy (non-hydrogen) atoms. The van der Waals surface area contributed by atoms with E-state index in [0.717, 1.165) is 49.0 Å². The molecule has 0 atom stereocenters. The summed E-state index contributed by atoms with van der Waals surface area (Å²) in [7, 11) is 0. The summed E-state index contributed by atoms with van der Waals surface area (Å²) in [6.45, 7) is 6.98. The standard InChI is InChI=1S/C11H17BrN2O.C11H18N2O.C2H4O2/c1-2-3-4-5-6-15-10-7-11(13)14-8-9(10)12;1-2-3-4-5-8-14-10-6-7-13-11(12)9-10;1-2(3)4/h7-8H,2-6H2,1H3,(H2,13,14);6-7,9H,2-5,8H2,1H3,(H2,12,13);1H3,(H,3,4). The molecular weight excluding hydrogens is 488 g/mol. The van der Waals surface area contributed by atoms with Crippen molar-refractivity contribution < 1.29 is 19.4 Å². The SMILES string of the molecule is CC(=O)O.CCCCCCOc1cc(N)ncc1Br.CCCCCCOc1ccnc(N)c1. The maximum Gasteiger partial charge on any atom is 0.300 e. The van der Waals surface area contributed by atoms with Crippen molar-refractivity contribution in [3.8, 4) is 11.5 Å². The first-order valence-electron chi connectivity index (χ1n) is 11.4. The average molecular weight is 528 g/mol.